The first-order chi connectivity index (χ1) is 9.01. The van der Waals surface area contributed by atoms with Gasteiger partial charge in [-0.25, -0.2) is 0 Å². The lowest BCUT2D eigenvalue weighted by Gasteiger charge is -2.27. The van der Waals surface area contributed by atoms with Crippen LogP contribution in [-0.2, 0) is 5.60 Å². The second-order valence-electron chi connectivity index (χ2n) is 6.03. The number of nitrogens with two attached hydrogens (primary N) is 1. The monoisotopic (exact) mass is 277 g/mol. The Bertz CT molecular complexity index is 669. The zero-order valence-corrected chi connectivity index (χ0v) is 11.4. The van der Waals surface area contributed by atoms with Crippen molar-refractivity contribution in [3.05, 3.63) is 28.4 Å². The van der Waals surface area contributed by atoms with Crippen LogP contribution in [0.15, 0.2) is 12.3 Å². The number of nitrogens with one attached hydrogen (secondary N) is 1. The molecule has 19 heavy (non-hydrogen) atoms. The third kappa shape index (κ3) is 1.45. The topological polar surface area (TPSA) is 74.9 Å². The molecule has 1 aromatic heterocycles. The van der Waals surface area contributed by atoms with Crippen LogP contribution in [0.1, 0.15) is 24.0 Å². The van der Waals surface area contributed by atoms with Gasteiger partial charge in [-0.3, -0.25) is 5.10 Å². The van der Waals surface area contributed by atoms with Crippen molar-refractivity contribution in [2.24, 2.45) is 17.6 Å². The summed E-state index contributed by atoms with van der Waals surface area (Å²) in [4.78, 5) is 0. The van der Waals surface area contributed by atoms with Gasteiger partial charge in [0.1, 0.15) is 0 Å². The zero-order valence-electron chi connectivity index (χ0n) is 10.7. The molecule has 1 aromatic carbocycles. The van der Waals surface area contributed by atoms with Crippen molar-refractivity contribution in [1.29, 1.82) is 0 Å². The Morgan fingerprint density at radius 1 is 1.47 bits per heavy atom. The molecule has 2 fully saturated rings. The van der Waals surface area contributed by atoms with Crippen LogP contribution in [0.25, 0.3) is 10.9 Å². The lowest BCUT2D eigenvalue weighted by Crippen LogP contribution is -2.27. The highest BCUT2D eigenvalue weighted by molar-refractivity contribution is 6.32. The summed E-state index contributed by atoms with van der Waals surface area (Å²) in [7, 11) is 0. The number of aromatic amines is 1. The largest absolute Gasteiger partial charge is 0.385 e. The Hall–Kier alpha value is -1.10. The van der Waals surface area contributed by atoms with E-state index in [1.165, 1.54) is 0 Å². The maximum atomic E-state index is 11.0. The van der Waals surface area contributed by atoms with Gasteiger partial charge in [-0.15, -0.1) is 0 Å². The van der Waals surface area contributed by atoms with Crippen LogP contribution < -0.4 is 5.73 Å². The molecule has 4 nitrogen and oxygen atoms in total. The average molecular weight is 278 g/mol. The average Bonchev–Trinajstić information content (AvgIpc) is 2.80. The van der Waals surface area contributed by atoms with Crippen LogP contribution in [-0.4, -0.2) is 21.3 Å². The van der Waals surface area contributed by atoms with Gasteiger partial charge in [0.25, 0.3) is 0 Å². The van der Waals surface area contributed by atoms with Crippen LogP contribution >= 0.6 is 11.6 Å². The van der Waals surface area contributed by atoms with E-state index >= 15 is 0 Å². The number of aromatic nitrogens is 2. The number of nitrogens with zero attached hydrogens (tertiary/aromatic N) is 1. The molecule has 4 N–H and O–H groups in total. The van der Waals surface area contributed by atoms with Crippen molar-refractivity contribution in [1.82, 2.24) is 10.2 Å². The second kappa shape index (κ2) is 3.51. The molecule has 0 unspecified atom stereocenters. The quantitative estimate of drug-likeness (QED) is 0.747. The predicted octanol–water partition coefficient (Wildman–Crippen LogP) is 2.08. The predicted molar refractivity (Wildman–Crippen MR) is 73.9 cm³/mol. The SMILES string of the molecule is Cc1c(Cl)cc([C@@]2(O)C[C@@H]3[C@@H](N)[C@@H]3C2)c2cn[nH]c12. The Kier molecular flexibility index (Phi) is 2.16. The van der Waals surface area contributed by atoms with Crippen molar-refractivity contribution >= 4 is 22.5 Å². The molecule has 2 aliphatic rings. The molecule has 0 saturated heterocycles. The summed E-state index contributed by atoms with van der Waals surface area (Å²) in [6.07, 6.45) is 3.24. The van der Waals surface area contributed by atoms with Crippen LogP contribution in [0.3, 0.4) is 0 Å². The van der Waals surface area contributed by atoms with E-state index in [1.54, 1.807) is 6.20 Å². The molecule has 1 heterocycles. The normalized spacial score (nSPS) is 36.7. The van der Waals surface area contributed by atoms with Gasteiger partial charge in [-0.1, -0.05) is 11.6 Å². The highest BCUT2D eigenvalue weighted by atomic mass is 35.5. The molecule has 4 atom stereocenters. The van der Waals surface area contributed by atoms with Gasteiger partial charge >= 0.3 is 0 Å². The summed E-state index contributed by atoms with van der Waals surface area (Å²) in [5.41, 5.74) is 7.95. The minimum atomic E-state index is -0.801. The molecule has 4 rings (SSSR count). The van der Waals surface area contributed by atoms with Crippen LogP contribution in [0.2, 0.25) is 5.02 Å². The summed E-state index contributed by atoms with van der Waals surface area (Å²) in [6.45, 7) is 1.96. The molecular weight excluding hydrogens is 262 g/mol. The summed E-state index contributed by atoms with van der Waals surface area (Å²) in [5.74, 6) is 0.930. The van der Waals surface area contributed by atoms with E-state index in [-0.39, 0.29) is 6.04 Å². The zero-order chi connectivity index (χ0) is 13.4. The van der Waals surface area contributed by atoms with E-state index in [0.717, 1.165) is 34.9 Å². The molecule has 2 aromatic rings. The first-order valence-electron chi connectivity index (χ1n) is 6.62. The number of aryl methyl sites for hydroxylation is 1. The van der Waals surface area contributed by atoms with Crippen molar-refractivity contribution in [2.45, 2.75) is 31.4 Å². The Morgan fingerprint density at radius 3 is 2.84 bits per heavy atom. The number of fused-ring (bicyclic) bond motifs is 2. The van der Waals surface area contributed by atoms with Crippen molar-refractivity contribution < 1.29 is 5.11 Å². The number of hydrogen-bond donors (Lipinski definition) is 3. The fourth-order valence-electron chi connectivity index (χ4n) is 3.73. The molecule has 0 aliphatic heterocycles. The third-order valence-electron chi connectivity index (χ3n) is 4.98. The maximum Gasteiger partial charge on any atom is 0.0910 e. The highest BCUT2D eigenvalue weighted by Gasteiger charge is 2.60. The molecule has 100 valence electrons. The summed E-state index contributed by atoms with van der Waals surface area (Å²) >= 11 is 6.28. The van der Waals surface area contributed by atoms with Gasteiger partial charge in [0.2, 0.25) is 0 Å². The number of benzene rings is 1. The summed E-state index contributed by atoms with van der Waals surface area (Å²) in [5, 5.41) is 19.7. The number of aliphatic hydroxyl groups is 1. The van der Waals surface area contributed by atoms with Gasteiger partial charge in [0.05, 0.1) is 17.3 Å². The molecule has 2 saturated carbocycles. The smallest absolute Gasteiger partial charge is 0.0910 e. The van der Waals surface area contributed by atoms with Crippen molar-refractivity contribution in [2.75, 3.05) is 0 Å². The molecule has 0 spiro atoms. The standard InChI is InChI=1S/C14H16ClN3O/c1-6-11(15)2-10(9-5-17-18-13(6)9)14(19)3-7-8(4-14)12(7)16/h2,5,7-8,12,19H,3-4,16H2,1H3,(H,17,18)/t7-,8+,12+,14+. The molecule has 0 radical (unpaired) electrons. The number of halogens is 1. The Labute approximate surface area is 115 Å². The highest BCUT2D eigenvalue weighted by Crippen LogP contribution is 2.59. The fourth-order valence-corrected chi connectivity index (χ4v) is 3.93. The van der Waals surface area contributed by atoms with E-state index in [0.29, 0.717) is 16.9 Å². The number of rotatable bonds is 1. The van der Waals surface area contributed by atoms with E-state index < -0.39 is 5.60 Å². The van der Waals surface area contributed by atoms with Gasteiger partial charge in [-0.2, -0.15) is 5.10 Å². The molecular formula is C14H16ClN3O. The van der Waals surface area contributed by atoms with Gasteiger partial charge in [-0.05, 0) is 48.8 Å². The Balaban J connectivity index is 1.88. The van der Waals surface area contributed by atoms with E-state index in [1.807, 2.05) is 13.0 Å². The van der Waals surface area contributed by atoms with Gasteiger partial charge < -0.3 is 10.8 Å². The van der Waals surface area contributed by atoms with Crippen LogP contribution in [0, 0.1) is 18.8 Å². The lowest BCUT2D eigenvalue weighted by molar-refractivity contribution is 0.0309. The van der Waals surface area contributed by atoms with E-state index in [9.17, 15) is 5.11 Å². The van der Waals surface area contributed by atoms with Gasteiger partial charge in [0, 0.05) is 16.5 Å². The lowest BCUT2D eigenvalue weighted by atomic mass is 9.86. The minimum absolute atomic E-state index is 0.279. The first-order valence-corrected chi connectivity index (χ1v) is 7.00. The van der Waals surface area contributed by atoms with Gasteiger partial charge in [0.15, 0.2) is 0 Å². The molecule has 0 bridgehead atoms. The van der Waals surface area contributed by atoms with Crippen LogP contribution in [0.5, 0.6) is 0 Å². The maximum absolute atomic E-state index is 11.0. The number of hydrogen-bond acceptors (Lipinski definition) is 3. The first kappa shape index (κ1) is 11.7. The third-order valence-corrected chi connectivity index (χ3v) is 5.37. The number of H-pyrrole nitrogens is 1. The summed E-state index contributed by atoms with van der Waals surface area (Å²) in [6, 6.07) is 2.17. The van der Waals surface area contributed by atoms with Crippen molar-refractivity contribution in [3.8, 4) is 0 Å². The fraction of sp³-hybridized carbons (Fsp3) is 0.500. The molecule has 5 heteroatoms. The van der Waals surface area contributed by atoms with E-state index in [4.69, 9.17) is 17.3 Å². The van der Waals surface area contributed by atoms with E-state index in [2.05, 4.69) is 10.2 Å². The Morgan fingerprint density at radius 2 is 2.16 bits per heavy atom. The molecule has 0 amide bonds. The van der Waals surface area contributed by atoms with Crippen LogP contribution in [0.4, 0.5) is 0 Å². The minimum Gasteiger partial charge on any atom is -0.385 e. The van der Waals surface area contributed by atoms with Crippen molar-refractivity contribution in [3.63, 3.8) is 0 Å². The second-order valence-corrected chi connectivity index (χ2v) is 6.44. The summed E-state index contributed by atoms with van der Waals surface area (Å²) < 4.78 is 0. The molecule has 2 aliphatic carbocycles.